The molecule has 0 bridgehead atoms. The van der Waals surface area contributed by atoms with E-state index in [1.165, 1.54) is 0 Å². The molecule has 6 heteroatoms. The average Bonchev–Trinajstić information content (AvgIpc) is 2.88. The molecular weight excluding hydrogens is 234 g/mol. The van der Waals surface area contributed by atoms with Crippen LogP contribution in [0.5, 0.6) is 0 Å². The zero-order valence-corrected chi connectivity index (χ0v) is 11.0. The molecule has 1 N–H and O–H groups in total. The second kappa shape index (κ2) is 6.82. The van der Waals surface area contributed by atoms with Gasteiger partial charge in [-0.05, 0) is 19.9 Å². The predicted octanol–water partition coefficient (Wildman–Crippen LogP) is 0.740. The van der Waals surface area contributed by atoms with Crippen molar-refractivity contribution in [1.82, 2.24) is 15.5 Å². The Morgan fingerprint density at radius 3 is 3.11 bits per heavy atom. The van der Waals surface area contributed by atoms with Gasteiger partial charge in [-0.1, -0.05) is 5.16 Å². The highest BCUT2D eigenvalue weighted by Crippen LogP contribution is 2.22. The summed E-state index contributed by atoms with van der Waals surface area (Å²) in [7, 11) is 3.58. The van der Waals surface area contributed by atoms with E-state index in [4.69, 9.17) is 14.0 Å². The van der Waals surface area contributed by atoms with Crippen molar-refractivity contribution in [2.45, 2.75) is 31.2 Å². The lowest BCUT2D eigenvalue weighted by Crippen LogP contribution is -2.32. The van der Waals surface area contributed by atoms with Crippen LogP contribution in [0, 0.1) is 0 Å². The average molecular weight is 255 g/mol. The molecule has 0 aromatic carbocycles. The van der Waals surface area contributed by atoms with Gasteiger partial charge in [-0.15, -0.1) is 0 Å². The summed E-state index contributed by atoms with van der Waals surface area (Å²) < 4.78 is 15.8. The van der Waals surface area contributed by atoms with Crippen molar-refractivity contribution in [2.24, 2.45) is 0 Å². The molecule has 2 heterocycles. The van der Waals surface area contributed by atoms with Crippen LogP contribution in [-0.2, 0) is 15.9 Å². The summed E-state index contributed by atoms with van der Waals surface area (Å²) in [5.41, 5.74) is 0. The highest BCUT2D eigenvalue weighted by molar-refractivity contribution is 4.97. The molecule has 0 amide bonds. The molecule has 2 rings (SSSR count). The minimum atomic E-state index is 0.200. The van der Waals surface area contributed by atoms with Gasteiger partial charge >= 0.3 is 0 Å². The zero-order valence-electron chi connectivity index (χ0n) is 11.0. The van der Waals surface area contributed by atoms with E-state index in [2.05, 4.69) is 15.5 Å². The number of ether oxygens (including phenoxy) is 2. The van der Waals surface area contributed by atoms with Gasteiger partial charge in [-0.3, -0.25) is 0 Å². The fourth-order valence-electron chi connectivity index (χ4n) is 2.12. The molecule has 1 saturated heterocycles. The number of rotatable bonds is 6. The first-order valence-corrected chi connectivity index (χ1v) is 6.40. The minimum absolute atomic E-state index is 0.200. The zero-order chi connectivity index (χ0) is 12.8. The lowest BCUT2D eigenvalue weighted by molar-refractivity contribution is 0.0773. The van der Waals surface area contributed by atoms with Crippen LogP contribution in [0.15, 0.2) is 4.52 Å². The Morgan fingerprint density at radius 2 is 2.44 bits per heavy atom. The minimum Gasteiger partial charge on any atom is -0.383 e. The lowest BCUT2D eigenvalue weighted by atomic mass is 10.0. The number of likely N-dealkylation sites (N-methyl/N-ethyl adjacent to an activating group) is 1. The van der Waals surface area contributed by atoms with E-state index in [0.717, 1.165) is 25.3 Å². The highest BCUT2D eigenvalue weighted by Gasteiger charge is 2.22. The normalized spacial score (nSPS) is 22.0. The molecule has 1 aromatic rings. The Hall–Kier alpha value is -0.980. The molecule has 18 heavy (non-hydrogen) atoms. The van der Waals surface area contributed by atoms with Crippen molar-refractivity contribution in [2.75, 3.05) is 34.0 Å². The topological polar surface area (TPSA) is 69.4 Å². The molecule has 0 saturated carbocycles. The van der Waals surface area contributed by atoms with Gasteiger partial charge in [0, 0.05) is 32.1 Å². The summed E-state index contributed by atoms with van der Waals surface area (Å²) in [5, 5.41) is 7.22. The van der Waals surface area contributed by atoms with Crippen molar-refractivity contribution in [3.05, 3.63) is 11.7 Å². The second-order valence-electron chi connectivity index (χ2n) is 4.61. The molecule has 0 radical (unpaired) electrons. The van der Waals surface area contributed by atoms with Crippen LogP contribution in [0.4, 0.5) is 0 Å². The highest BCUT2D eigenvalue weighted by atomic mass is 16.5. The van der Waals surface area contributed by atoms with E-state index in [1.54, 1.807) is 7.11 Å². The summed E-state index contributed by atoms with van der Waals surface area (Å²) in [4.78, 5) is 4.45. The smallest absolute Gasteiger partial charge is 0.228 e. The number of hydrogen-bond donors (Lipinski definition) is 1. The Balaban J connectivity index is 1.92. The molecule has 6 nitrogen and oxygen atoms in total. The SMILES string of the molecule is CNC(COC)Cc1nc(C2CCCOC2)no1. The van der Waals surface area contributed by atoms with Gasteiger partial charge in [0.25, 0.3) is 0 Å². The fourth-order valence-corrected chi connectivity index (χ4v) is 2.12. The van der Waals surface area contributed by atoms with Crippen molar-refractivity contribution in [3.8, 4) is 0 Å². The first kappa shape index (κ1) is 13.5. The Morgan fingerprint density at radius 1 is 1.56 bits per heavy atom. The van der Waals surface area contributed by atoms with Gasteiger partial charge in [0.15, 0.2) is 5.82 Å². The maximum Gasteiger partial charge on any atom is 0.228 e. The van der Waals surface area contributed by atoms with Crippen LogP contribution < -0.4 is 5.32 Å². The molecule has 1 fully saturated rings. The van der Waals surface area contributed by atoms with Gasteiger partial charge in [-0.25, -0.2) is 0 Å². The van der Waals surface area contributed by atoms with E-state index >= 15 is 0 Å². The first-order valence-electron chi connectivity index (χ1n) is 6.40. The molecule has 1 aromatic heterocycles. The Bertz CT molecular complexity index is 350. The molecule has 0 spiro atoms. The Labute approximate surface area is 107 Å². The summed E-state index contributed by atoms with van der Waals surface area (Å²) in [6, 6.07) is 0.200. The quantitative estimate of drug-likeness (QED) is 0.808. The van der Waals surface area contributed by atoms with Gasteiger partial charge in [0.1, 0.15) is 0 Å². The predicted molar refractivity (Wildman–Crippen MR) is 65.5 cm³/mol. The third kappa shape index (κ3) is 3.51. The van der Waals surface area contributed by atoms with Gasteiger partial charge in [0.05, 0.1) is 13.2 Å². The van der Waals surface area contributed by atoms with Crippen molar-refractivity contribution in [3.63, 3.8) is 0 Å². The van der Waals surface area contributed by atoms with Gasteiger partial charge in [-0.2, -0.15) is 4.98 Å². The second-order valence-corrected chi connectivity index (χ2v) is 4.61. The van der Waals surface area contributed by atoms with Crippen LogP contribution in [-0.4, -0.2) is 50.2 Å². The summed E-state index contributed by atoms with van der Waals surface area (Å²) >= 11 is 0. The fraction of sp³-hybridized carbons (Fsp3) is 0.833. The standard InChI is InChI=1S/C12H21N3O3/c1-13-10(8-16-2)6-11-14-12(15-18-11)9-4-3-5-17-7-9/h9-10,13H,3-8H2,1-2H3. The molecule has 2 atom stereocenters. The molecule has 1 aliphatic heterocycles. The lowest BCUT2D eigenvalue weighted by Gasteiger charge is -2.18. The van der Waals surface area contributed by atoms with Gasteiger partial charge in [0.2, 0.25) is 5.89 Å². The van der Waals surface area contributed by atoms with Crippen molar-refractivity contribution < 1.29 is 14.0 Å². The first-order chi connectivity index (χ1) is 8.83. The number of hydrogen-bond acceptors (Lipinski definition) is 6. The van der Waals surface area contributed by atoms with Crippen LogP contribution in [0.3, 0.4) is 0 Å². The Kier molecular flexibility index (Phi) is 5.10. The number of methoxy groups -OCH3 is 1. The molecular formula is C12H21N3O3. The third-order valence-electron chi connectivity index (χ3n) is 3.21. The summed E-state index contributed by atoms with van der Waals surface area (Å²) in [5.74, 6) is 1.72. The van der Waals surface area contributed by atoms with Crippen molar-refractivity contribution in [1.29, 1.82) is 0 Å². The van der Waals surface area contributed by atoms with Crippen LogP contribution >= 0.6 is 0 Å². The maximum absolute atomic E-state index is 5.43. The molecule has 1 aliphatic rings. The van der Waals surface area contributed by atoms with Crippen molar-refractivity contribution >= 4 is 0 Å². The van der Waals surface area contributed by atoms with Crippen LogP contribution in [0.25, 0.3) is 0 Å². The van der Waals surface area contributed by atoms with Crippen LogP contribution in [0.1, 0.15) is 30.5 Å². The number of nitrogens with one attached hydrogen (secondary N) is 1. The van der Waals surface area contributed by atoms with E-state index in [9.17, 15) is 0 Å². The largest absolute Gasteiger partial charge is 0.383 e. The number of aromatic nitrogens is 2. The monoisotopic (exact) mass is 255 g/mol. The third-order valence-corrected chi connectivity index (χ3v) is 3.21. The van der Waals surface area contributed by atoms with E-state index in [-0.39, 0.29) is 12.0 Å². The van der Waals surface area contributed by atoms with E-state index < -0.39 is 0 Å². The van der Waals surface area contributed by atoms with E-state index in [0.29, 0.717) is 25.5 Å². The summed E-state index contributed by atoms with van der Waals surface area (Å²) in [6.45, 7) is 2.17. The summed E-state index contributed by atoms with van der Waals surface area (Å²) in [6.07, 6.45) is 2.83. The maximum atomic E-state index is 5.43. The van der Waals surface area contributed by atoms with E-state index in [1.807, 2.05) is 7.05 Å². The molecule has 0 aliphatic carbocycles. The number of nitrogens with zero attached hydrogens (tertiary/aromatic N) is 2. The molecule has 102 valence electrons. The van der Waals surface area contributed by atoms with Crippen LogP contribution in [0.2, 0.25) is 0 Å². The molecule has 2 unspecified atom stereocenters. The van der Waals surface area contributed by atoms with Gasteiger partial charge < -0.3 is 19.3 Å².